The number of nitrogen functional groups attached to an aromatic ring is 1. The van der Waals surface area contributed by atoms with Crippen molar-refractivity contribution in [3.63, 3.8) is 0 Å². The molecule has 3 aromatic rings. The first-order valence-corrected chi connectivity index (χ1v) is 8.43. The van der Waals surface area contributed by atoms with E-state index in [0.29, 0.717) is 33.0 Å². The van der Waals surface area contributed by atoms with Crippen molar-refractivity contribution in [1.29, 1.82) is 5.41 Å². The maximum absolute atomic E-state index is 11.8. The first-order valence-electron chi connectivity index (χ1n) is 8.05. The molecule has 0 unspecified atom stereocenters. The molecule has 0 fully saturated rings. The molecular formula is C17H18ClN7O2. The molecule has 2 heterocycles. The number of carbonyl (C=O) groups excluding carboxylic acids is 1. The van der Waals surface area contributed by atoms with Gasteiger partial charge in [0.1, 0.15) is 18.0 Å². The number of aliphatic hydroxyl groups excluding tert-OH is 1. The van der Waals surface area contributed by atoms with E-state index < -0.39 is 0 Å². The predicted octanol–water partition coefficient (Wildman–Crippen LogP) is 1.37. The molecule has 1 amide bonds. The number of anilines is 2. The van der Waals surface area contributed by atoms with Crippen molar-refractivity contribution in [1.82, 2.24) is 20.3 Å². The van der Waals surface area contributed by atoms with Crippen LogP contribution in [0.1, 0.15) is 21.6 Å². The van der Waals surface area contributed by atoms with E-state index in [1.54, 1.807) is 25.2 Å². The minimum atomic E-state index is -0.226. The zero-order valence-electron chi connectivity index (χ0n) is 14.4. The lowest BCUT2D eigenvalue weighted by molar-refractivity contribution is 0.0963. The molecule has 0 aliphatic carbocycles. The largest absolute Gasteiger partial charge is 0.395 e. The summed E-state index contributed by atoms with van der Waals surface area (Å²) in [6.45, 7) is 0.138. The van der Waals surface area contributed by atoms with Crippen LogP contribution < -0.4 is 16.4 Å². The number of halogens is 1. The summed E-state index contributed by atoms with van der Waals surface area (Å²) < 4.78 is 0. The van der Waals surface area contributed by atoms with Gasteiger partial charge in [-0.05, 0) is 12.1 Å². The Morgan fingerprint density at radius 3 is 2.89 bits per heavy atom. The van der Waals surface area contributed by atoms with Crippen molar-refractivity contribution >= 4 is 45.8 Å². The van der Waals surface area contributed by atoms with Gasteiger partial charge in [0.2, 0.25) is 0 Å². The molecule has 3 rings (SSSR count). The lowest BCUT2D eigenvalue weighted by Crippen LogP contribution is -2.17. The van der Waals surface area contributed by atoms with Crippen LogP contribution in [0.2, 0.25) is 5.02 Å². The van der Waals surface area contributed by atoms with Crippen molar-refractivity contribution in [3.05, 3.63) is 46.4 Å². The molecule has 140 valence electrons. The van der Waals surface area contributed by atoms with Crippen LogP contribution >= 0.6 is 11.6 Å². The molecule has 0 saturated carbocycles. The summed E-state index contributed by atoms with van der Waals surface area (Å²) >= 11 is 6.46. The Labute approximate surface area is 159 Å². The number of rotatable bonds is 6. The monoisotopic (exact) mass is 387 g/mol. The van der Waals surface area contributed by atoms with E-state index in [1.807, 2.05) is 0 Å². The van der Waals surface area contributed by atoms with Gasteiger partial charge in [-0.1, -0.05) is 17.7 Å². The summed E-state index contributed by atoms with van der Waals surface area (Å²) in [4.78, 5) is 22.9. The first kappa shape index (κ1) is 18.6. The second kappa shape index (κ2) is 7.60. The molecule has 0 saturated heterocycles. The molecule has 10 heteroatoms. The van der Waals surface area contributed by atoms with E-state index in [-0.39, 0.29) is 36.2 Å². The number of benzene rings is 1. The van der Waals surface area contributed by atoms with E-state index in [9.17, 15) is 4.79 Å². The molecule has 0 bridgehead atoms. The average Bonchev–Trinajstić information content (AvgIpc) is 3.01. The number of aromatic amines is 1. The standard InChI is InChI=1S/C17H18ClN7O2/c1-21-17(27)8-2-3-9-10(6-8)25-14(12(9)18)13(19)11-15(20)23-7-24-16(11)22-4-5-26/h2-3,6-7,19,25-26H,4-5H2,1H3,(H,21,27)(H3,20,22,23,24). The fourth-order valence-electron chi connectivity index (χ4n) is 2.70. The van der Waals surface area contributed by atoms with E-state index in [4.69, 9.17) is 27.9 Å². The van der Waals surface area contributed by atoms with Crippen molar-refractivity contribution in [2.75, 3.05) is 31.2 Å². The Bertz CT molecular complexity index is 1030. The van der Waals surface area contributed by atoms with Gasteiger partial charge in [-0.3, -0.25) is 10.2 Å². The van der Waals surface area contributed by atoms with Gasteiger partial charge in [-0.15, -0.1) is 0 Å². The third-order valence-electron chi connectivity index (χ3n) is 4.01. The van der Waals surface area contributed by atoms with Gasteiger partial charge < -0.3 is 26.5 Å². The smallest absolute Gasteiger partial charge is 0.251 e. The van der Waals surface area contributed by atoms with Crippen LogP contribution in [0.5, 0.6) is 0 Å². The van der Waals surface area contributed by atoms with Gasteiger partial charge in [0.15, 0.2) is 0 Å². The Kier molecular flexibility index (Phi) is 5.24. The van der Waals surface area contributed by atoms with Gasteiger partial charge in [-0.25, -0.2) is 9.97 Å². The fourth-order valence-corrected chi connectivity index (χ4v) is 3.01. The molecule has 0 spiro atoms. The fraction of sp³-hybridized carbons (Fsp3) is 0.176. The molecule has 1 aromatic carbocycles. The third kappa shape index (κ3) is 3.42. The number of nitrogens with zero attached hydrogens (tertiary/aromatic N) is 2. The number of nitrogens with two attached hydrogens (primary N) is 1. The van der Waals surface area contributed by atoms with E-state index >= 15 is 0 Å². The van der Waals surface area contributed by atoms with Gasteiger partial charge in [0.25, 0.3) is 5.91 Å². The van der Waals surface area contributed by atoms with Crippen LogP contribution in [0.25, 0.3) is 10.9 Å². The third-order valence-corrected chi connectivity index (χ3v) is 4.40. The molecule has 7 N–H and O–H groups in total. The maximum Gasteiger partial charge on any atom is 0.251 e. The van der Waals surface area contributed by atoms with E-state index in [2.05, 4.69) is 25.6 Å². The van der Waals surface area contributed by atoms with Gasteiger partial charge in [-0.2, -0.15) is 0 Å². The van der Waals surface area contributed by atoms with Crippen LogP contribution in [-0.4, -0.2) is 51.9 Å². The number of hydrogen-bond acceptors (Lipinski definition) is 7. The van der Waals surface area contributed by atoms with Crippen molar-refractivity contribution in [2.24, 2.45) is 0 Å². The highest BCUT2D eigenvalue weighted by atomic mass is 35.5. The maximum atomic E-state index is 11.8. The summed E-state index contributed by atoms with van der Waals surface area (Å²) in [6.07, 6.45) is 1.27. The Hall–Kier alpha value is -3.17. The van der Waals surface area contributed by atoms with Crippen LogP contribution in [0.15, 0.2) is 24.5 Å². The van der Waals surface area contributed by atoms with Crippen LogP contribution in [0.4, 0.5) is 11.6 Å². The highest BCUT2D eigenvalue weighted by Crippen LogP contribution is 2.31. The summed E-state index contributed by atoms with van der Waals surface area (Å²) in [7, 11) is 1.55. The minimum absolute atomic E-state index is 0.00349. The second-order valence-corrected chi connectivity index (χ2v) is 6.04. The van der Waals surface area contributed by atoms with Crippen molar-refractivity contribution in [2.45, 2.75) is 0 Å². The van der Waals surface area contributed by atoms with Crippen molar-refractivity contribution in [3.8, 4) is 0 Å². The molecule has 0 aliphatic rings. The number of nitrogens with one attached hydrogen (secondary N) is 4. The quantitative estimate of drug-likeness (QED) is 0.351. The minimum Gasteiger partial charge on any atom is -0.395 e. The second-order valence-electron chi connectivity index (χ2n) is 5.66. The number of H-pyrrole nitrogens is 1. The lowest BCUT2D eigenvalue weighted by Gasteiger charge is -2.12. The van der Waals surface area contributed by atoms with E-state index in [0.717, 1.165) is 0 Å². The van der Waals surface area contributed by atoms with Gasteiger partial charge in [0.05, 0.1) is 28.6 Å². The number of aromatic nitrogens is 3. The van der Waals surface area contributed by atoms with E-state index in [1.165, 1.54) is 6.33 Å². The Morgan fingerprint density at radius 1 is 1.41 bits per heavy atom. The summed E-state index contributed by atoms with van der Waals surface area (Å²) in [5.41, 5.74) is 7.63. The number of aliphatic hydroxyl groups is 1. The molecule has 0 aliphatic heterocycles. The highest BCUT2D eigenvalue weighted by Gasteiger charge is 2.21. The van der Waals surface area contributed by atoms with Crippen LogP contribution in [0.3, 0.4) is 0 Å². The molecule has 2 aromatic heterocycles. The zero-order chi connectivity index (χ0) is 19.6. The summed E-state index contributed by atoms with van der Waals surface area (Å²) in [6, 6.07) is 5.03. The Morgan fingerprint density at radius 2 is 2.19 bits per heavy atom. The Balaban J connectivity index is 2.09. The molecule has 0 radical (unpaired) electrons. The highest BCUT2D eigenvalue weighted by molar-refractivity contribution is 6.40. The first-order chi connectivity index (χ1) is 13.0. The summed E-state index contributed by atoms with van der Waals surface area (Å²) in [5, 5.41) is 24.1. The van der Waals surface area contributed by atoms with Gasteiger partial charge >= 0.3 is 0 Å². The van der Waals surface area contributed by atoms with Gasteiger partial charge in [0, 0.05) is 30.1 Å². The SMILES string of the molecule is CNC(=O)c1ccc2c(Cl)c(C(=N)c3c(N)ncnc3NCCO)[nH]c2c1. The number of hydrogen-bond donors (Lipinski definition) is 6. The molecule has 0 atom stereocenters. The zero-order valence-corrected chi connectivity index (χ0v) is 15.2. The van der Waals surface area contributed by atoms with Crippen molar-refractivity contribution < 1.29 is 9.90 Å². The molecular weight excluding hydrogens is 370 g/mol. The molecule has 27 heavy (non-hydrogen) atoms. The normalized spacial score (nSPS) is 10.8. The van der Waals surface area contributed by atoms with Crippen LogP contribution in [0, 0.1) is 5.41 Å². The number of carbonyl (C=O) groups is 1. The lowest BCUT2D eigenvalue weighted by atomic mass is 10.1. The summed E-state index contributed by atoms with van der Waals surface area (Å²) in [5.74, 6) is 0.203. The van der Waals surface area contributed by atoms with Crippen LogP contribution in [-0.2, 0) is 0 Å². The average molecular weight is 388 g/mol. The number of amides is 1. The topological polar surface area (TPSA) is 153 Å². The predicted molar refractivity (Wildman–Crippen MR) is 105 cm³/mol. The molecule has 9 nitrogen and oxygen atoms in total. The number of fused-ring (bicyclic) bond motifs is 1.